The molecule has 11 rings (SSSR count). The average Bonchev–Trinajstić information content (AvgIpc) is 3.45. The molecule has 5 heteroatoms. The zero-order valence-corrected chi connectivity index (χ0v) is 42.2. The third kappa shape index (κ3) is 12.2. The molecule has 10 aromatic rings. The van der Waals surface area contributed by atoms with E-state index in [2.05, 4.69) is 212 Å². The second kappa shape index (κ2) is 23.8. The number of hydrogen-bond donors (Lipinski definition) is 0. The molecule has 0 aromatic heterocycles. The van der Waals surface area contributed by atoms with E-state index in [4.69, 9.17) is 23.7 Å². The Morgan fingerprint density at radius 1 is 0.173 bits per heavy atom. The summed E-state index contributed by atoms with van der Waals surface area (Å²) in [6.45, 7) is 2.10. The van der Waals surface area contributed by atoms with Crippen LogP contribution in [0.4, 0.5) is 0 Å². The lowest BCUT2D eigenvalue weighted by Gasteiger charge is -2.23. The third-order valence-electron chi connectivity index (χ3n) is 13.9. The molecule has 75 heavy (non-hydrogen) atoms. The number of rotatable bonds is 15. The molecule has 0 N–H and O–H groups in total. The Morgan fingerprint density at radius 3 is 0.467 bits per heavy atom. The first-order valence-electron chi connectivity index (χ1n) is 26.0. The van der Waals surface area contributed by atoms with Gasteiger partial charge in [0.05, 0.1) is 0 Å². The molecule has 10 bridgehead atoms. The highest BCUT2D eigenvalue weighted by molar-refractivity contribution is 5.57. The minimum atomic E-state index is 0.420. The van der Waals surface area contributed by atoms with Crippen molar-refractivity contribution in [1.29, 1.82) is 0 Å². The molecule has 0 saturated carbocycles. The van der Waals surface area contributed by atoms with Crippen molar-refractivity contribution in [3.8, 4) is 28.7 Å². The predicted octanol–water partition coefficient (Wildman–Crippen LogP) is 15.8. The van der Waals surface area contributed by atoms with Gasteiger partial charge in [-0.25, -0.2) is 0 Å². The summed E-state index contributed by atoms with van der Waals surface area (Å²) in [5.41, 5.74) is 16.3. The van der Waals surface area contributed by atoms with Crippen LogP contribution in [-0.4, -0.2) is 0 Å². The molecule has 0 unspecified atom stereocenters. The normalized spacial score (nSPS) is 12.0. The van der Waals surface area contributed by atoms with Gasteiger partial charge >= 0.3 is 0 Å². The van der Waals surface area contributed by atoms with E-state index in [0.29, 0.717) is 65.1 Å². The first-order chi connectivity index (χ1) is 37.2. The molecule has 0 spiro atoms. The van der Waals surface area contributed by atoms with Gasteiger partial charge in [-0.05, 0) is 83.5 Å². The molecule has 0 fully saturated rings. The van der Waals surface area contributed by atoms with Gasteiger partial charge in [-0.3, -0.25) is 0 Å². The summed E-state index contributed by atoms with van der Waals surface area (Å²) in [4.78, 5) is 0. The summed E-state index contributed by atoms with van der Waals surface area (Å²) < 4.78 is 35.3. The van der Waals surface area contributed by atoms with Crippen LogP contribution < -0.4 is 23.7 Å². The van der Waals surface area contributed by atoms with Crippen molar-refractivity contribution in [2.24, 2.45) is 0 Å². The van der Waals surface area contributed by atoms with Gasteiger partial charge in [0.2, 0.25) is 0 Å². The molecule has 0 aliphatic heterocycles. The Hall–Kier alpha value is -8.80. The van der Waals surface area contributed by atoms with Crippen molar-refractivity contribution in [3.63, 3.8) is 0 Å². The lowest BCUT2D eigenvalue weighted by atomic mass is 9.91. The second-order valence-corrected chi connectivity index (χ2v) is 19.3. The molecule has 1 aliphatic rings. The molecule has 0 heterocycles. The maximum atomic E-state index is 7.05. The topological polar surface area (TPSA) is 46.2 Å². The van der Waals surface area contributed by atoms with Crippen LogP contribution in [0.1, 0.15) is 83.5 Å². The van der Waals surface area contributed by atoms with Crippen molar-refractivity contribution in [2.45, 2.75) is 65.1 Å². The van der Waals surface area contributed by atoms with Gasteiger partial charge in [-0.15, -0.1) is 0 Å². The van der Waals surface area contributed by atoms with Crippen LogP contribution in [0.25, 0.3) is 0 Å². The largest absolute Gasteiger partial charge is 0.488 e. The fourth-order valence-corrected chi connectivity index (χ4v) is 10.2. The van der Waals surface area contributed by atoms with E-state index in [0.717, 1.165) is 112 Å². The molecule has 0 saturated heterocycles. The fourth-order valence-electron chi connectivity index (χ4n) is 10.2. The van der Waals surface area contributed by atoms with Gasteiger partial charge < -0.3 is 23.7 Å². The van der Waals surface area contributed by atoms with Crippen molar-refractivity contribution >= 4 is 0 Å². The number of benzene rings is 10. The van der Waals surface area contributed by atoms with Crippen LogP contribution in [0, 0.1) is 0 Å². The Bertz CT molecular complexity index is 2810. The predicted molar refractivity (Wildman–Crippen MR) is 300 cm³/mol. The molecule has 5 nitrogen and oxygen atoms in total. The van der Waals surface area contributed by atoms with E-state index in [1.165, 1.54) is 0 Å². The maximum absolute atomic E-state index is 7.05. The summed E-state index contributed by atoms with van der Waals surface area (Å²) in [5.74, 6) is 4.32. The lowest BCUT2D eigenvalue weighted by molar-refractivity contribution is 0.293. The van der Waals surface area contributed by atoms with Crippen molar-refractivity contribution in [2.75, 3.05) is 0 Å². The number of hydrogen-bond acceptors (Lipinski definition) is 5. The van der Waals surface area contributed by atoms with Crippen LogP contribution in [0.15, 0.2) is 243 Å². The molecule has 1 aliphatic carbocycles. The molecule has 0 radical (unpaired) electrons. The minimum Gasteiger partial charge on any atom is -0.488 e. The summed E-state index contributed by atoms with van der Waals surface area (Å²) in [5, 5.41) is 0. The first kappa shape index (κ1) is 48.5. The molecule has 10 aromatic carbocycles. The first-order valence-corrected chi connectivity index (χ1v) is 26.0. The van der Waals surface area contributed by atoms with Crippen LogP contribution in [0.3, 0.4) is 0 Å². The van der Waals surface area contributed by atoms with Gasteiger partial charge in [0.1, 0.15) is 61.8 Å². The Balaban J connectivity index is 1.10. The monoisotopic (exact) mass is 980 g/mol. The van der Waals surface area contributed by atoms with Crippen molar-refractivity contribution < 1.29 is 23.7 Å². The number of para-hydroxylation sites is 5. The number of ether oxygens (including phenoxy) is 5. The third-order valence-corrected chi connectivity index (χ3v) is 13.9. The molecule has 370 valence electrons. The van der Waals surface area contributed by atoms with Gasteiger partial charge in [0.25, 0.3) is 0 Å². The summed E-state index contributed by atoms with van der Waals surface area (Å²) in [6, 6.07) is 84.9. The van der Waals surface area contributed by atoms with E-state index in [1.807, 2.05) is 30.3 Å². The van der Waals surface area contributed by atoms with Gasteiger partial charge in [-0.2, -0.15) is 0 Å². The smallest absolute Gasteiger partial charge is 0.126 e. The molecular weight excluding hydrogens is 921 g/mol. The molecule has 0 atom stereocenters. The summed E-state index contributed by atoms with van der Waals surface area (Å²) >= 11 is 0. The van der Waals surface area contributed by atoms with Crippen molar-refractivity contribution in [3.05, 3.63) is 326 Å². The molecular formula is C70H60O5. The van der Waals surface area contributed by atoms with E-state index < -0.39 is 0 Å². The minimum absolute atomic E-state index is 0.420. The summed E-state index contributed by atoms with van der Waals surface area (Å²) in [7, 11) is 0. The lowest BCUT2D eigenvalue weighted by Crippen LogP contribution is -2.09. The van der Waals surface area contributed by atoms with Gasteiger partial charge in [0.15, 0.2) is 0 Å². The highest BCUT2D eigenvalue weighted by Gasteiger charge is 2.23. The average molecular weight is 981 g/mol. The Morgan fingerprint density at radius 2 is 0.320 bits per heavy atom. The summed E-state index contributed by atoms with van der Waals surface area (Å²) in [6.07, 6.45) is 2.94. The van der Waals surface area contributed by atoms with E-state index in [-0.39, 0.29) is 0 Å². The standard InChI is InChI=1S/C70H60O5/c1-6-21-51(22-7-1)46-71-66-56-31-16-32-57(66)42-59-34-18-36-61(68(59)73-48-53-25-10-3-11-26-53)44-63-38-20-40-65(70(63)75-50-55-29-14-5-15-30-55)45-64-39-19-37-62(69(64)74-49-54-27-12-4-13-28-54)43-60-35-17-33-58(41-56)67(60)72-47-52-23-8-2-9-24-52/h1-40H,41-50H2. The second-order valence-electron chi connectivity index (χ2n) is 19.3. The highest BCUT2D eigenvalue weighted by Crippen LogP contribution is 2.40. The van der Waals surface area contributed by atoms with Crippen LogP contribution in [-0.2, 0) is 65.1 Å². The van der Waals surface area contributed by atoms with Gasteiger partial charge in [-0.1, -0.05) is 243 Å². The van der Waals surface area contributed by atoms with E-state index in [1.54, 1.807) is 0 Å². The maximum Gasteiger partial charge on any atom is 0.126 e. The van der Waals surface area contributed by atoms with Crippen LogP contribution in [0.2, 0.25) is 0 Å². The van der Waals surface area contributed by atoms with Crippen LogP contribution in [0.5, 0.6) is 28.7 Å². The van der Waals surface area contributed by atoms with Gasteiger partial charge in [0, 0.05) is 32.1 Å². The Labute approximate surface area is 441 Å². The molecule has 0 amide bonds. The zero-order valence-electron chi connectivity index (χ0n) is 42.2. The highest BCUT2D eigenvalue weighted by atomic mass is 16.5. The Kier molecular flexibility index (Phi) is 15.4. The van der Waals surface area contributed by atoms with Crippen LogP contribution >= 0.6 is 0 Å². The number of fused-ring (bicyclic) bond motifs is 10. The van der Waals surface area contributed by atoms with Crippen molar-refractivity contribution in [1.82, 2.24) is 0 Å². The van der Waals surface area contributed by atoms with E-state index in [9.17, 15) is 0 Å². The quantitative estimate of drug-likeness (QED) is 0.102. The van der Waals surface area contributed by atoms with E-state index >= 15 is 0 Å². The zero-order chi connectivity index (χ0) is 50.4. The fraction of sp³-hybridized carbons (Fsp3) is 0.143. The SMILES string of the molecule is c1ccc(COc2c3cccc2Cc2cccc(c2OCc2ccccc2)Cc2cccc(c2OCc2ccccc2)Cc2cccc(c2OCc2ccccc2)Cc2cccc(c2OCc2ccccc2)C3)cc1.